The van der Waals surface area contributed by atoms with Crippen LogP contribution in [0.2, 0.25) is 0 Å². The molecule has 0 aliphatic carbocycles. The zero-order valence-electron chi connectivity index (χ0n) is 14.4. The van der Waals surface area contributed by atoms with Crippen molar-refractivity contribution in [3.63, 3.8) is 0 Å². The van der Waals surface area contributed by atoms with Gasteiger partial charge in [0.25, 0.3) is 0 Å². The van der Waals surface area contributed by atoms with Crippen molar-refractivity contribution in [2.75, 3.05) is 10.2 Å². The van der Waals surface area contributed by atoms with E-state index in [9.17, 15) is 0 Å². The maximum atomic E-state index is 3.55. The third-order valence-electron chi connectivity index (χ3n) is 4.23. The summed E-state index contributed by atoms with van der Waals surface area (Å²) < 4.78 is 0. The number of nitrogens with zero attached hydrogens (tertiary/aromatic N) is 1. The summed E-state index contributed by atoms with van der Waals surface area (Å²) in [5, 5.41) is 3.55. The van der Waals surface area contributed by atoms with E-state index < -0.39 is 0 Å². The molecule has 0 unspecified atom stereocenters. The van der Waals surface area contributed by atoms with Crippen LogP contribution in [-0.4, -0.2) is 0 Å². The van der Waals surface area contributed by atoms with E-state index >= 15 is 0 Å². The van der Waals surface area contributed by atoms with E-state index in [-0.39, 0.29) is 0 Å². The van der Waals surface area contributed by atoms with Crippen molar-refractivity contribution in [3.05, 3.63) is 115 Å². The Bertz CT molecular complexity index is 911. The largest absolute Gasteiger partial charge is 0.354 e. The molecule has 4 aromatic carbocycles. The number of hydrogen-bond acceptors (Lipinski definition) is 2. The maximum absolute atomic E-state index is 3.55. The van der Waals surface area contributed by atoms with Crippen LogP contribution in [-0.2, 0) is 0 Å². The van der Waals surface area contributed by atoms with Crippen LogP contribution < -0.4 is 10.2 Å². The normalized spacial score (nSPS) is 10.3. The zero-order valence-corrected chi connectivity index (χ0v) is 14.4. The first-order valence-corrected chi connectivity index (χ1v) is 8.73. The van der Waals surface area contributed by atoms with Crippen LogP contribution in [0.4, 0.5) is 28.4 Å². The van der Waals surface area contributed by atoms with Crippen molar-refractivity contribution < 1.29 is 0 Å². The highest BCUT2D eigenvalue weighted by atomic mass is 15.2. The van der Waals surface area contributed by atoms with Gasteiger partial charge in [-0.1, -0.05) is 66.7 Å². The molecule has 4 aromatic rings. The molecule has 0 amide bonds. The Morgan fingerprint density at radius 3 is 1.50 bits per heavy atom. The summed E-state index contributed by atoms with van der Waals surface area (Å²) in [6.45, 7) is 0. The molecule has 4 rings (SSSR count). The van der Waals surface area contributed by atoms with Gasteiger partial charge in [0.05, 0.1) is 11.4 Å². The highest BCUT2D eigenvalue weighted by molar-refractivity contribution is 5.86. The highest BCUT2D eigenvalue weighted by Gasteiger charge is 2.15. The molecule has 0 fully saturated rings. The fraction of sp³-hybridized carbons (Fsp3) is 0. The third kappa shape index (κ3) is 3.45. The van der Waals surface area contributed by atoms with E-state index in [1.54, 1.807) is 0 Å². The van der Waals surface area contributed by atoms with Gasteiger partial charge in [-0.15, -0.1) is 0 Å². The number of rotatable bonds is 5. The molecule has 2 nitrogen and oxygen atoms in total. The van der Waals surface area contributed by atoms with Crippen LogP contribution >= 0.6 is 0 Å². The summed E-state index contributed by atoms with van der Waals surface area (Å²) in [4.78, 5) is 2.27. The second-order valence-corrected chi connectivity index (χ2v) is 6.01. The number of para-hydroxylation sites is 5. The van der Waals surface area contributed by atoms with E-state index in [0.717, 1.165) is 28.4 Å². The monoisotopic (exact) mass is 336 g/mol. The van der Waals surface area contributed by atoms with Gasteiger partial charge in [0.2, 0.25) is 0 Å². The van der Waals surface area contributed by atoms with Gasteiger partial charge >= 0.3 is 0 Å². The van der Waals surface area contributed by atoms with Gasteiger partial charge in [-0.05, 0) is 48.5 Å². The Morgan fingerprint density at radius 2 is 0.923 bits per heavy atom. The van der Waals surface area contributed by atoms with Gasteiger partial charge in [-0.2, -0.15) is 0 Å². The first kappa shape index (κ1) is 16.0. The van der Waals surface area contributed by atoms with Gasteiger partial charge in [0.15, 0.2) is 0 Å². The quantitative estimate of drug-likeness (QED) is 0.426. The third-order valence-corrected chi connectivity index (χ3v) is 4.23. The Morgan fingerprint density at radius 1 is 0.462 bits per heavy atom. The Balaban J connectivity index is 1.82. The SMILES string of the molecule is c1ccc(Nc2ccccc2N(c2ccccc2)c2ccccc2)cc1. The molecule has 0 aromatic heterocycles. The van der Waals surface area contributed by atoms with Crippen LogP contribution in [0.3, 0.4) is 0 Å². The molecular formula is C24H20N2. The lowest BCUT2D eigenvalue weighted by Gasteiger charge is -2.27. The molecule has 126 valence electrons. The standard InChI is InChI=1S/C24H20N2/c1-4-12-20(13-5-1)25-23-18-10-11-19-24(23)26(21-14-6-2-7-15-21)22-16-8-3-9-17-22/h1-19,25H. The molecule has 0 aliphatic rings. The first-order valence-electron chi connectivity index (χ1n) is 8.73. The van der Waals surface area contributed by atoms with Gasteiger partial charge in [0.1, 0.15) is 0 Å². The zero-order chi connectivity index (χ0) is 17.6. The first-order chi connectivity index (χ1) is 12.9. The predicted molar refractivity (Wildman–Crippen MR) is 111 cm³/mol. The second kappa shape index (κ2) is 7.58. The van der Waals surface area contributed by atoms with E-state index in [0.29, 0.717) is 0 Å². The summed E-state index contributed by atoms with van der Waals surface area (Å²) in [6, 6.07) is 39.5. The molecule has 0 bridgehead atoms. The second-order valence-electron chi connectivity index (χ2n) is 6.01. The van der Waals surface area contributed by atoms with E-state index in [1.807, 2.05) is 30.3 Å². The Hall–Kier alpha value is -3.52. The molecule has 0 saturated heterocycles. The molecule has 0 heterocycles. The van der Waals surface area contributed by atoms with Crippen LogP contribution in [0.15, 0.2) is 115 Å². The maximum Gasteiger partial charge on any atom is 0.0696 e. The molecule has 0 aliphatic heterocycles. The molecule has 0 atom stereocenters. The number of hydrogen-bond donors (Lipinski definition) is 1. The predicted octanol–water partition coefficient (Wildman–Crippen LogP) is 6.90. The van der Waals surface area contributed by atoms with Crippen molar-refractivity contribution >= 4 is 28.4 Å². The van der Waals surface area contributed by atoms with Crippen molar-refractivity contribution in [2.24, 2.45) is 0 Å². The number of benzene rings is 4. The fourth-order valence-corrected chi connectivity index (χ4v) is 3.03. The molecule has 2 heteroatoms. The highest BCUT2D eigenvalue weighted by Crippen LogP contribution is 2.39. The fourth-order valence-electron chi connectivity index (χ4n) is 3.03. The average molecular weight is 336 g/mol. The summed E-state index contributed by atoms with van der Waals surface area (Å²) in [6.07, 6.45) is 0. The minimum atomic E-state index is 1.06. The minimum Gasteiger partial charge on any atom is -0.354 e. The molecular weight excluding hydrogens is 316 g/mol. The Kier molecular flexibility index (Phi) is 4.66. The number of nitrogens with one attached hydrogen (secondary N) is 1. The van der Waals surface area contributed by atoms with Crippen LogP contribution in [0.5, 0.6) is 0 Å². The lowest BCUT2D eigenvalue weighted by Crippen LogP contribution is -2.11. The van der Waals surface area contributed by atoms with Gasteiger partial charge < -0.3 is 10.2 Å². The van der Waals surface area contributed by atoms with E-state index in [2.05, 4.69) is 95.1 Å². The molecule has 1 N–H and O–H groups in total. The van der Waals surface area contributed by atoms with Gasteiger partial charge in [-0.3, -0.25) is 0 Å². The molecule has 0 saturated carbocycles. The van der Waals surface area contributed by atoms with E-state index in [4.69, 9.17) is 0 Å². The van der Waals surface area contributed by atoms with Gasteiger partial charge in [-0.25, -0.2) is 0 Å². The lowest BCUT2D eigenvalue weighted by molar-refractivity contribution is 1.28. The van der Waals surface area contributed by atoms with Crippen LogP contribution in [0.25, 0.3) is 0 Å². The van der Waals surface area contributed by atoms with Crippen molar-refractivity contribution in [3.8, 4) is 0 Å². The molecule has 0 radical (unpaired) electrons. The van der Waals surface area contributed by atoms with Crippen molar-refractivity contribution in [1.29, 1.82) is 0 Å². The summed E-state index contributed by atoms with van der Waals surface area (Å²) in [5.41, 5.74) is 5.49. The summed E-state index contributed by atoms with van der Waals surface area (Å²) >= 11 is 0. The smallest absolute Gasteiger partial charge is 0.0696 e. The summed E-state index contributed by atoms with van der Waals surface area (Å²) in [5.74, 6) is 0. The average Bonchev–Trinajstić information content (AvgIpc) is 2.72. The Labute approximate surface area is 154 Å². The van der Waals surface area contributed by atoms with Gasteiger partial charge in [0, 0.05) is 17.1 Å². The van der Waals surface area contributed by atoms with Crippen molar-refractivity contribution in [2.45, 2.75) is 0 Å². The molecule has 26 heavy (non-hydrogen) atoms. The topological polar surface area (TPSA) is 15.3 Å². The lowest BCUT2D eigenvalue weighted by atomic mass is 10.1. The van der Waals surface area contributed by atoms with Crippen LogP contribution in [0, 0.1) is 0 Å². The van der Waals surface area contributed by atoms with Crippen molar-refractivity contribution in [1.82, 2.24) is 0 Å². The van der Waals surface area contributed by atoms with Crippen LogP contribution in [0.1, 0.15) is 0 Å². The van der Waals surface area contributed by atoms with E-state index in [1.165, 1.54) is 0 Å². The molecule has 0 spiro atoms. The summed E-state index contributed by atoms with van der Waals surface area (Å²) in [7, 11) is 0. The minimum absolute atomic E-state index is 1.06. The number of anilines is 5.